The molecule has 24 heavy (non-hydrogen) atoms. The lowest BCUT2D eigenvalue weighted by molar-refractivity contribution is 0.0769. The van der Waals surface area contributed by atoms with Crippen LogP contribution in [-0.4, -0.2) is 48.4 Å². The fraction of sp³-hybridized carbons (Fsp3) is 0.353. The number of aromatic nitrogens is 1. The minimum atomic E-state index is -3.00. The number of halogens is 1. The average molecular weight is 411 g/mol. The summed E-state index contributed by atoms with van der Waals surface area (Å²) >= 11 is 3.43. The molecule has 0 N–H and O–H groups in total. The first-order chi connectivity index (χ1) is 11.3. The number of benzene rings is 1. The van der Waals surface area contributed by atoms with E-state index in [1.807, 2.05) is 48.7 Å². The van der Waals surface area contributed by atoms with E-state index in [1.165, 1.54) is 0 Å². The molecule has 2 aromatic rings. The van der Waals surface area contributed by atoms with Crippen molar-refractivity contribution in [2.75, 3.05) is 24.6 Å². The first-order valence-corrected chi connectivity index (χ1v) is 10.3. The maximum absolute atomic E-state index is 12.8. The molecule has 1 fully saturated rings. The smallest absolute Gasteiger partial charge is 0.255 e. The van der Waals surface area contributed by atoms with Crippen molar-refractivity contribution in [3.63, 3.8) is 0 Å². The summed E-state index contributed by atoms with van der Waals surface area (Å²) in [5.74, 6) is -0.00431. The highest BCUT2D eigenvalue weighted by Gasteiger charge is 2.28. The van der Waals surface area contributed by atoms with Crippen molar-refractivity contribution in [2.24, 2.45) is 0 Å². The van der Waals surface area contributed by atoms with E-state index in [9.17, 15) is 13.2 Å². The summed E-state index contributed by atoms with van der Waals surface area (Å²) in [5, 5.41) is 0. The molecule has 1 aromatic heterocycles. The second-order valence-electron chi connectivity index (χ2n) is 6.04. The molecule has 1 aliphatic rings. The lowest BCUT2D eigenvalue weighted by Gasteiger charge is -2.26. The van der Waals surface area contributed by atoms with Gasteiger partial charge in [0.15, 0.2) is 9.84 Å². The van der Waals surface area contributed by atoms with Crippen LogP contribution in [0.5, 0.6) is 0 Å². The molecular weight excluding hydrogens is 392 g/mol. The molecule has 2 heterocycles. The van der Waals surface area contributed by atoms with E-state index in [0.717, 1.165) is 21.5 Å². The van der Waals surface area contributed by atoms with Crippen molar-refractivity contribution >= 4 is 31.7 Å². The van der Waals surface area contributed by atoms with Crippen molar-refractivity contribution in [3.8, 4) is 5.69 Å². The summed E-state index contributed by atoms with van der Waals surface area (Å²) in [7, 11) is -3.00. The van der Waals surface area contributed by atoms with Gasteiger partial charge in [0.05, 0.1) is 17.1 Å². The molecule has 128 valence electrons. The van der Waals surface area contributed by atoms with E-state index < -0.39 is 9.84 Å². The van der Waals surface area contributed by atoms with Gasteiger partial charge in [0.25, 0.3) is 5.91 Å². The maximum atomic E-state index is 12.8. The monoisotopic (exact) mass is 410 g/mol. The number of hydrogen-bond donors (Lipinski definition) is 0. The Balaban J connectivity index is 1.91. The lowest BCUT2D eigenvalue weighted by Crippen LogP contribution is -2.43. The lowest BCUT2D eigenvalue weighted by atomic mass is 10.2. The highest BCUT2D eigenvalue weighted by atomic mass is 79.9. The Bertz CT molecular complexity index is 871. The first-order valence-electron chi connectivity index (χ1n) is 7.73. The van der Waals surface area contributed by atoms with Gasteiger partial charge in [-0.1, -0.05) is 15.9 Å². The SMILES string of the molecule is Cc1cc(C(=O)N2CCS(=O)(=O)CC2)c(C)n1-c1ccc(Br)cc1. The third-order valence-electron chi connectivity index (χ3n) is 4.38. The summed E-state index contributed by atoms with van der Waals surface area (Å²) in [4.78, 5) is 14.4. The molecule has 1 aromatic carbocycles. The van der Waals surface area contributed by atoms with Gasteiger partial charge in [-0.2, -0.15) is 0 Å². The van der Waals surface area contributed by atoms with E-state index in [1.54, 1.807) is 4.90 Å². The molecule has 0 bridgehead atoms. The van der Waals surface area contributed by atoms with Crippen molar-refractivity contribution < 1.29 is 13.2 Å². The van der Waals surface area contributed by atoms with Crippen LogP contribution in [0, 0.1) is 13.8 Å². The van der Waals surface area contributed by atoms with Crippen LogP contribution in [0.1, 0.15) is 21.7 Å². The van der Waals surface area contributed by atoms with Gasteiger partial charge in [-0.3, -0.25) is 4.79 Å². The van der Waals surface area contributed by atoms with Crippen LogP contribution in [0.4, 0.5) is 0 Å². The Morgan fingerprint density at radius 1 is 1.08 bits per heavy atom. The van der Waals surface area contributed by atoms with E-state index in [0.29, 0.717) is 5.56 Å². The summed E-state index contributed by atoms with van der Waals surface area (Å²) < 4.78 is 26.1. The topological polar surface area (TPSA) is 59.4 Å². The van der Waals surface area contributed by atoms with Crippen LogP contribution in [0.25, 0.3) is 5.69 Å². The predicted molar refractivity (Wildman–Crippen MR) is 97.5 cm³/mol. The largest absolute Gasteiger partial charge is 0.337 e. The van der Waals surface area contributed by atoms with Crippen LogP contribution in [-0.2, 0) is 9.84 Å². The second kappa shape index (κ2) is 6.37. The zero-order valence-electron chi connectivity index (χ0n) is 13.6. The Morgan fingerprint density at radius 2 is 1.67 bits per heavy atom. The molecule has 0 saturated carbocycles. The minimum absolute atomic E-state index is 0.0458. The van der Waals surface area contributed by atoms with Gasteiger partial charge in [0.2, 0.25) is 0 Å². The zero-order valence-corrected chi connectivity index (χ0v) is 16.0. The Morgan fingerprint density at radius 3 is 2.25 bits per heavy atom. The van der Waals surface area contributed by atoms with Gasteiger partial charge in [-0.05, 0) is 44.2 Å². The molecule has 0 spiro atoms. The summed E-state index contributed by atoms with van der Waals surface area (Å²) in [5.41, 5.74) is 3.47. The predicted octanol–water partition coefficient (Wildman–Crippen LogP) is 2.73. The fourth-order valence-electron chi connectivity index (χ4n) is 3.05. The number of rotatable bonds is 2. The van der Waals surface area contributed by atoms with Gasteiger partial charge in [-0.15, -0.1) is 0 Å². The van der Waals surface area contributed by atoms with E-state index in [4.69, 9.17) is 0 Å². The quantitative estimate of drug-likeness (QED) is 0.764. The summed E-state index contributed by atoms with van der Waals surface area (Å²) in [6, 6.07) is 9.79. The van der Waals surface area contributed by atoms with Crippen LogP contribution < -0.4 is 0 Å². The summed E-state index contributed by atoms with van der Waals surface area (Å²) in [6.07, 6.45) is 0. The highest BCUT2D eigenvalue weighted by molar-refractivity contribution is 9.10. The Kier molecular flexibility index (Phi) is 4.57. The molecule has 1 aliphatic heterocycles. The molecule has 7 heteroatoms. The minimum Gasteiger partial charge on any atom is -0.337 e. The first kappa shape index (κ1) is 17.2. The van der Waals surface area contributed by atoms with Crippen molar-refractivity contribution in [1.29, 1.82) is 0 Å². The van der Waals surface area contributed by atoms with E-state index in [-0.39, 0.29) is 30.5 Å². The molecule has 5 nitrogen and oxygen atoms in total. The molecule has 0 unspecified atom stereocenters. The van der Waals surface area contributed by atoms with Gasteiger partial charge in [0, 0.05) is 34.6 Å². The normalized spacial score (nSPS) is 17.0. The maximum Gasteiger partial charge on any atom is 0.255 e. The van der Waals surface area contributed by atoms with Gasteiger partial charge in [-0.25, -0.2) is 8.42 Å². The van der Waals surface area contributed by atoms with Crippen LogP contribution in [0.15, 0.2) is 34.8 Å². The van der Waals surface area contributed by atoms with Crippen LogP contribution >= 0.6 is 15.9 Å². The van der Waals surface area contributed by atoms with Crippen molar-refractivity contribution in [3.05, 3.63) is 51.8 Å². The number of hydrogen-bond acceptors (Lipinski definition) is 3. The third-order valence-corrected chi connectivity index (χ3v) is 6.52. The zero-order chi connectivity index (χ0) is 17.5. The number of aryl methyl sites for hydroxylation is 1. The third kappa shape index (κ3) is 3.28. The number of sulfone groups is 1. The van der Waals surface area contributed by atoms with Crippen LogP contribution in [0.3, 0.4) is 0 Å². The highest BCUT2D eigenvalue weighted by Crippen LogP contribution is 2.24. The van der Waals surface area contributed by atoms with Gasteiger partial charge < -0.3 is 9.47 Å². The fourth-order valence-corrected chi connectivity index (χ4v) is 4.52. The number of carbonyl (C=O) groups excluding carboxylic acids is 1. The number of carbonyl (C=O) groups is 1. The summed E-state index contributed by atoms with van der Waals surface area (Å²) in [6.45, 7) is 4.42. The molecule has 0 aliphatic carbocycles. The number of amides is 1. The Labute approximate surface area is 150 Å². The van der Waals surface area contributed by atoms with E-state index >= 15 is 0 Å². The van der Waals surface area contributed by atoms with Gasteiger partial charge in [0.1, 0.15) is 0 Å². The molecule has 0 radical (unpaired) electrons. The van der Waals surface area contributed by atoms with Crippen LogP contribution in [0.2, 0.25) is 0 Å². The molecule has 3 rings (SSSR count). The standard InChI is InChI=1S/C17H19BrN2O3S/c1-12-11-16(17(21)19-7-9-24(22,23)10-8-19)13(2)20(12)15-5-3-14(18)4-6-15/h3-6,11H,7-10H2,1-2H3. The molecule has 1 saturated heterocycles. The van der Waals surface area contributed by atoms with Crippen molar-refractivity contribution in [1.82, 2.24) is 9.47 Å². The molecular formula is C17H19BrN2O3S. The second-order valence-corrected chi connectivity index (χ2v) is 9.26. The average Bonchev–Trinajstić information content (AvgIpc) is 2.83. The molecule has 0 atom stereocenters. The Hall–Kier alpha value is -1.60. The van der Waals surface area contributed by atoms with E-state index in [2.05, 4.69) is 15.9 Å². The van der Waals surface area contributed by atoms with Crippen molar-refractivity contribution in [2.45, 2.75) is 13.8 Å². The molecule has 1 amide bonds. The number of nitrogens with zero attached hydrogens (tertiary/aromatic N) is 2. The van der Waals surface area contributed by atoms with Gasteiger partial charge >= 0.3 is 0 Å².